The van der Waals surface area contributed by atoms with E-state index in [0.29, 0.717) is 0 Å². The number of carbonyl (C=O) groups excluding carboxylic acids is 1. The molecule has 112 valence electrons. The summed E-state index contributed by atoms with van der Waals surface area (Å²) in [6.07, 6.45) is 5.68. The highest BCUT2D eigenvalue weighted by molar-refractivity contribution is 5.79. The summed E-state index contributed by atoms with van der Waals surface area (Å²) in [6, 6.07) is 8.01. The highest BCUT2D eigenvalue weighted by Crippen LogP contribution is 2.25. The second-order valence-electron chi connectivity index (χ2n) is 6.08. The van der Waals surface area contributed by atoms with Gasteiger partial charge >= 0.3 is 0 Å². The molecule has 1 unspecified atom stereocenters. The van der Waals surface area contributed by atoms with E-state index in [1.807, 2.05) is 32.2 Å². The van der Waals surface area contributed by atoms with Gasteiger partial charge in [0.2, 0.25) is 5.91 Å². The maximum atomic E-state index is 12.4. The number of carbonyl (C=O) groups is 1. The molecule has 3 rings (SSSR count). The Morgan fingerprint density at radius 1 is 1.29 bits per heavy atom. The van der Waals surface area contributed by atoms with E-state index in [2.05, 4.69) is 20.9 Å². The first-order valence-corrected chi connectivity index (χ1v) is 7.88. The van der Waals surface area contributed by atoms with Crippen LogP contribution in [-0.4, -0.2) is 15.5 Å². The van der Waals surface area contributed by atoms with E-state index in [9.17, 15) is 4.79 Å². The van der Waals surface area contributed by atoms with Crippen LogP contribution in [0.25, 0.3) is 11.0 Å². The minimum Gasteiger partial charge on any atom is -0.346 e. The van der Waals surface area contributed by atoms with Crippen molar-refractivity contribution < 1.29 is 4.79 Å². The molecule has 4 nitrogen and oxygen atoms in total. The van der Waals surface area contributed by atoms with Crippen LogP contribution in [0.2, 0.25) is 0 Å². The van der Waals surface area contributed by atoms with E-state index >= 15 is 0 Å². The van der Waals surface area contributed by atoms with Crippen molar-refractivity contribution in [3.05, 3.63) is 30.1 Å². The lowest BCUT2D eigenvalue weighted by molar-refractivity contribution is -0.126. The van der Waals surface area contributed by atoms with Crippen LogP contribution in [-0.2, 0) is 11.8 Å². The maximum absolute atomic E-state index is 12.4. The van der Waals surface area contributed by atoms with Gasteiger partial charge in [0.05, 0.1) is 17.1 Å². The number of nitrogens with zero attached hydrogens (tertiary/aromatic N) is 2. The molecule has 2 aromatic rings. The molecule has 1 aromatic carbocycles. The molecule has 4 heteroatoms. The van der Waals surface area contributed by atoms with Crippen LogP contribution >= 0.6 is 0 Å². The molecule has 1 fully saturated rings. The average molecular weight is 285 g/mol. The predicted molar refractivity (Wildman–Crippen MR) is 83.8 cm³/mol. The molecule has 1 N–H and O–H groups in total. The van der Waals surface area contributed by atoms with E-state index in [0.717, 1.165) is 29.7 Å². The van der Waals surface area contributed by atoms with Crippen molar-refractivity contribution >= 4 is 16.9 Å². The first-order valence-electron chi connectivity index (χ1n) is 7.88. The normalized spacial score (nSPS) is 17.8. The number of imidazole rings is 1. The number of fused-ring (bicyclic) bond motifs is 1. The van der Waals surface area contributed by atoms with Crippen LogP contribution < -0.4 is 5.32 Å². The van der Waals surface area contributed by atoms with Crippen LogP contribution in [0.5, 0.6) is 0 Å². The van der Waals surface area contributed by atoms with Gasteiger partial charge in [-0.25, -0.2) is 4.98 Å². The van der Waals surface area contributed by atoms with Crippen LogP contribution in [0.3, 0.4) is 0 Å². The smallest absolute Gasteiger partial charge is 0.223 e. The van der Waals surface area contributed by atoms with Gasteiger partial charge in [0.25, 0.3) is 0 Å². The number of benzene rings is 1. The Kier molecular flexibility index (Phi) is 3.95. The number of rotatable bonds is 3. The number of hydrogen-bond donors (Lipinski definition) is 1. The molecule has 21 heavy (non-hydrogen) atoms. The molecule has 1 amide bonds. The van der Waals surface area contributed by atoms with Crippen molar-refractivity contribution in [1.29, 1.82) is 0 Å². The maximum Gasteiger partial charge on any atom is 0.223 e. The Morgan fingerprint density at radius 3 is 2.71 bits per heavy atom. The summed E-state index contributed by atoms with van der Waals surface area (Å²) in [5.74, 6) is 1.30. The zero-order chi connectivity index (χ0) is 14.8. The van der Waals surface area contributed by atoms with Crippen molar-refractivity contribution in [1.82, 2.24) is 14.9 Å². The molecule has 0 aliphatic heterocycles. The van der Waals surface area contributed by atoms with Crippen LogP contribution in [0.1, 0.15) is 50.9 Å². The van der Waals surface area contributed by atoms with Gasteiger partial charge in [-0.2, -0.15) is 0 Å². The fourth-order valence-corrected chi connectivity index (χ4v) is 3.31. The van der Waals surface area contributed by atoms with Gasteiger partial charge in [0, 0.05) is 13.0 Å². The van der Waals surface area contributed by atoms with Gasteiger partial charge in [-0.05, 0) is 31.9 Å². The minimum absolute atomic E-state index is 0.0585. The van der Waals surface area contributed by atoms with Crippen molar-refractivity contribution in [3.8, 4) is 0 Å². The monoisotopic (exact) mass is 285 g/mol. The number of amides is 1. The Balaban J connectivity index is 1.75. The predicted octanol–water partition coefficient (Wildman–Crippen LogP) is 3.33. The third kappa shape index (κ3) is 2.80. The fraction of sp³-hybridized carbons (Fsp3) is 0.529. The molecule has 0 saturated heterocycles. The number of aromatic nitrogens is 2. The zero-order valence-corrected chi connectivity index (χ0v) is 12.8. The molecule has 0 spiro atoms. The lowest BCUT2D eigenvalue weighted by Gasteiger charge is -2.23. The van der Waals surface area contributed by atoms with E-state index in [-0.39, 0.29) is 17.9 Å². The summed E-state index contributed by atoms with van der Waals surface area (Å²) in [4.78, 5) is 17.0. The van der Waals surface area contributed by atoms with E-state index in [1.165, 1.54) is 19.3 Å². The van der Waals surface area contributed by atoms with Gasteiger partial charge in [-0.15, -0.1) is 0 Å². The third-order valence-electron chi connectivity index (χ3n) is 4.54. The van der Waals surface area contributed by atoms with Gasteiger partial charge in [-0.3, -0.25) is 4.79 Å². The molecule has 1 aliphatic rings. The fourth-order valence-electron chi connectivity index (χ4n) is 3.31. The van der Waals surface area contributed by atoms with Crippen molar-refractivity contribution in [2.75, 3.05) is 0 Å². The number of nitrogens with one attached hydrogen (secondary N) is 1. The van der Waals surface area contributed by atoms with Gasteiger partial charge in [-0.1, -0.05) is 31.4 Å². The lowest BCUT2D eigenvalue weighted by Crippen LogP contribution is -2.34. The Hall–Kier alpha value is -1.84. The van der Waals surface area contributed by atoms with Crippen LogP contribution in [0.4, 0.5) is 0 Å². The largest absolute Gasteiger partial charge is 0.346 e. The Bertz CT molecular complexity index is 641. The molecule has 0 radical (unpaired) electrons. The highest BCUT2D eigenvalue weighted by atomic mass is 16.1. The first kappa shape index (κ1) is 14.1. The Labute approximate surface area is 125 Å². The summed E-state index contributed by atoms with van der Waals surface area (Å²) in [7, 11) is 2.01. The van der Waals surface area contributed by atoms with Crippen LogP contribution in [0, 0.1) is 5.92 Å². The summed E-state index contributed by atoms with van der Waals surface area (Å²) in [5, 5.41) is 3.15. The highest BCUT2D eigenvalue weighted by Gasteiger charge is 2.24. The second-order valence-corrected chi connectivity index (χ2v) is 6.08. The molecule has 0 bridgehead atoms. The molecule has 1 heterocycles. The lowest BCUT2D eigenvalue weighted by atomic mass is 9.88. The second kappa shape index (κ2) is 5.88. The van der Waals surface area contributed by atoms with Crippen molar-refractivity contribution in [3.63, 3.8) is 0 Å². The van der Waals surface area contributed by atoms with Gasteiger partial charge in [0.1, 0.15) is 5.82 Å². The van der Waals surface area contributed by atoms with E-state index in [1.54, 1.807) is 0 Å². The van der Waals surface area contributed by atoms with Gasteiger partial charge < -0.3 is 9.88 Å². The number of aryl methyl sites for hydroxylation is 1. The topological polar surface area (TPSA) is 46.9 Å². The molecule has 1 aromatic heterocycles. The van der Waals surface area contributed by atoms with Crippen molar-refractivity contribution in [2.24, 2.45) is 13.0 Å². The first-order chi connectivity index (χ1) is 10.2. The molecular formula is C17H23N3O. The van der Waals surface area contributed by atoms with Gasteiger partial charge in [0.15, 0.2) is 0 Å². The summed E-state index contributed by atoms with van der Waals surface area (Å²) >= 11 is 0. The zero-order valence-electron chi connectivity index (χ0n) is 12.8. The molecule has 1 saturated carbocycles. The summed E-state index contributed by atoms with van der Waals surface area (Å²) in [6.45, 7) is 2.02. The van der Waals surface area contributed by atoms with E-state index in [4.69, 9.17) is 0 Å². The van der Waals surface area contributed by atoms with E-state index < -0.39 is 0 Å². The standard InChI is InChI=1S/C17H23N3O/c1-12(18-17(21)13-8-4-3-5-9-13)16-19-14-10-6-7-11-15(14)20(16)2/h6-7,10-13H,3-5,8-9H2,1-2H3,(H,18,21). The average Bonchev–Trinajstić information content (AvgIpc) is 2.86. The molecule has 1 aliphatic carbocycles. The number of hydrogen-bond acceptors (Lipinski definition) is 2. The summed E-state index contributed by atoms with van der Waals surface area (Å²) < 4.78 is 2.07. The molecular weight excluding hydrogens is 262 g/mol. The Morgan fingerprint density at radius 2 is 2.00 bits per heavy atom. The third-order valence-corrected chi connectivity index (χ3v) is 4.54. The summed E-state index contributed by atoms with van der Waals surface area (Å²) in [5.41, 5.74) is 2.08. The SMILES string of the molecule is CC(NC(=O)C1CCCCC1)c1nc2ccccc2n1C. The number of para-hydroxylation sites is 2. The molecule has 1 atom stereocenters. The van der Waals surface area contributed by atoms with Crippen molar-refractivity contribution in [2.45, 2.75) is 45.1 Å². The van der Waals surface area contributed by atoms with Crippen LogP contribution in [0.15, 0.2) is 24.3 Å². The quantitative estimate of drug-likeness (QED) is 0.940. The minimum atomic E-state index is -0.0585.